The normalized spacial score (nSPS) is 34.4. The van der Waals surface area contributed by atoms with Gasteiger partial charge in [-0.25, -0.2) is 0 Å². The van der Waals surface area contributed by atoms with Crippen molar-refractivity contribution >= 4 is 17.8 Å². The molecule has 0 aromatic heterocycles. The highest BCUT2D eigenvalue weighted by atomic mass is 16.4. The zero-order valence-electron chi connectivity index (χ0n) is 21.1. The van der Waals surface area contributed by atoms with Crippen molar-refractivity contribution in [2.45, 2.75) is 67.2 Å². The Morgan fingerprint density at radius 2 is 1.76 bits per heavy atom. The van der Waals surface area contributed by atoms with Gasteiger partial charge in [-0.15, -0.1) is 0 Å². The number of ketones is 1. The predicted molar refractivity (Wildman–Crippen MR) is 136 cm³/mol. The first kappa shape index (κ1) is 25.2. The van der Waals surface area contributed by atoms with Crippen molar-refractivity contribution in [1.82, 2.24) is 0 Å². The molecule has 6 unspecified atom stereocenters. The number of hydrogen-bond donors (Lipinski definition) is 1. The monoisotopic (exact) mass is 448 g/mol. The fraction of sp³-hybridized carbons (Fsp3) is 0.533. The van der Waals surface area contributed by atoms with Gasteiger partial charge in [-0.2, -0.15) is 0 Å². The summed E-state index contributed by atoms with van der Waals surface area (Å²) < 4.78 is 0. The molecule has 0 bridgehead atoms. The van der Waals surface area contributed by atoms with Crippen LogP contribution in [0.15, 0.2) is 59.7 Å². The van der Waals surface area contributed by atoms with E-state index in [2.05, 4.69) is 57.2 Å². The van der Waals surface area contributed by atoms with E-state index < -0.39 is 16.8 Å². The molecule has 2 aliphatic carbocycles. The summed E-state index contributed by atoms with van der Waals surface area (Å²) in [6, 6.07) is 10.2. The van der Waals surface area contributed by atoms with Crippen LogP contribution in [0.3, 0.4) is 0 Å². The molecule has 1 aromatic carbocycles. The molecule has 3 nitrogen and oxygen atoms in total. The number of carbonyl (C=O) groups is 2. The van der Waals surface area contributed by atoms with Crippen LogP contribution in [0.5, 0.6) is 0 Å². The number of carboxylic acid groups (broad SMARTS) is 1. The van der Waals surface area contributed by atoms with E-state index in [-0.39, 0.29) is 29.5 Å². The smallest absolute Gasteiger partial charge is 0.311 e. The van der Waals surface area contributed by atoms with Gasteiger partial charge in [0, 0.05) is 17.3 Å². The zero-order valence-corrected chi connectivity index (χ0v) is 21.1. The maximum Gasteiger partial charge on any atom is 0.311 e. The lowest BCUT2D eigenvalue weighted by atomic mass is 9.46. The Balaban J connectivity index is 2.24. The summed E-state index contributed by atoms with van der Waals surface area (Å²) >= 11 is 0. The molecular formula is C30H40O3. The summed E-state index contributed by atoms with van der Waals surface area (Å²) in [5.41, 5.74) is 1.80. The second-order valence-electron chi connectivity index (χ2n) is 9.99. The van der Waals surface area contributed by atoms with Crippen molar-refractivity contribution in [2.75, 3.05) is 0 Å². The number of fused-ring (bicyclic) bond motifs is 1. The summed E-state index contributed by atoms with van der Waals surface area (Å²) in [4.78, 5) is 26.5. The lowest BCUT2D eigenvalue weighted by molar-refractivity contribution is -0.165. The third-order valence-electron chi connectivity index (χ3n) is 8.69. The summed E-state index contributed by atoms with van der Waals surface area (Å²) in [5, 5.41) is 10.9. The third kappa shape index (κ3) is 3.94. The summed E-state index contributed by atoms with van der Waals surface area (Å²) in [6.07, 6.45) is 11.4. The standard InChI is InChI=1S/C30H40O3/c1-7-22(16-17-23-14-12-11-13-15-23)19-29(9-3)18-20(5)25-21(6)27(31)24(8-2)26(25)30(29,10-4)28(32)33/h11-19,21,24-26H,7-10H2,1-6H3,(H,32,33). The van der Waals surface area contributed by atoms with E-state index in [0.29, 0.717) is 19.3 Å². The predicted octanol–water partition coefficient (Wildman–Crippen LogP) is 7.35. The molecule has 6 atom stereocenters. The van der Waals surface area contributed by atoms with E-state index >= 15 is 0 Å². The molecule has 0 spiro atoms. The molecule has 0 amide bonds. The van der Waals surface area contributed by atoms with E-state index in [0.717, 1.165) is 17.6 Å². The Kier molecular flexibility index (Phi) is 7.51. The third-order valence-corrected chi connectivity index (χ3v) is 8.69. The van der Waals surface area contributed by atoms with Crippen molar-refractivity contribution in [1.29, 1.82) is 0 Å². The molecule has 0 radical (unpaired) electrons. The molecule has 2 aliphatic rings. The van der Waals surface area contributed by atoms with Crippen LogP contribution in [-0.4, -0.2) is 16.9 Å². The zero-order chi connectivity index (χ0) is 24.4. The lowest BCUT2D eigenvalue weighted by Gasteiger charge is -2.55. The van der Waals surface area contributed by atoms with Crippen molar-refractivity contribution in [3.05, 3.63) is 65.3 Å². The Morgan fingerprint density at radius 3 is 2.27 bits per heavy atom. The number of allylic oxidation sites excluding steroid dienone is 5. The largest absolute Gasteiger partial charge is 0.481 e. The highest BCUT2D eigenvalue weighted by Crippen LogP contribution is 2.65. The maximum atomic E-state index is 13.3. The van der Waals surface area contributed by atoms with Crippen molar-refractivity contribution < 1.29 is 14.7 Å². The topological polar surface area (TPSA) is 54.4 Å². The van der Waals surface area contributed by atoms with E-state index in [1.807, 2.05) is 39.0 Å². The Bertz CT molecular complexity index is 970. The fourth-order valence-electron chi connectivity index (χ4n) is 7.09. The van der Waals surface area contributed by atoms with Crippen molar-refractivity contribution in [3.63, 3.8) is 0 Å². The number of benzene rings is 1. The molecule has 0 aliphatic heterocycles. The van der Waals surface area contributed by atoms with Gasteiger partial charge in [-0.3, -0.25) is 9.59 Å². The molecule has 0 heterocycles. The Hall–Kier alpha value is -2.42. The lowest BCUT2D eigenvalue weighted by Crippen LogP contribution is -2.56. The van der Waals surface area contributed by atoms with Crippen molar-refractivity contribution in [2.24, 2.45) is 34.5 Å². The molecule has 33 heavy (non-hydrogen) atoms. The Labute approximate surface area is 199 Å². The average molecular weight is 449 g/mol. The molecule has 1 aromatic rings. The fourth-order valence-corrected chi connectivity index (χ4v) is 7.09. The quantitative estimate of drug-likeness (QED) is 0.334. The first-order chi connectivity index (χ1) is 15.7. The molecule has 3 rings (SSSR count). The van der Waals surface area contributed by atoms with Crippen LogP contribution in [-0.2, 0) is 9.59 Å². The van der Waals surface area contributed by atoms with Gasteiger partial charge in [0.1, 0.15) is 5.78 Å². The Morgan fingerprint density at radius 1 is 1.09 bits per heavy atom. The molecule has 3 heteroatoms. The average Bonchev–Trinajstić information content (AvgIpc) is 3.07. The minimum absolute atomic E-state index is 0.0107. The molecular weight excluding hydrogens is 408 g/mol. The number of aliphatic carboxylic acids is 1. The highest BCUT2D eigenvalue weighted by molar-refractivity contribution is 5.90. The minimum atomic E-state index is -1.01. The highest BCUT2D eigenvalue weighted by Gasteiger charge is 2.67. The second kappa shape index (κ2) is 9.83. The SMILES string of the molecule is CCC(C=Cc1ccccc1)=CC1(CC)C=C(C)C2C(C)C(=O)C(CC)C2C1(CC)C(=O)O. The molecule has 178 valence electrons. The molecule has 0 saturated heterocycles. The van der Waals surface area contributed by atoms with Crippen LogP contribution in [0.2, 0.25) is 0 Å². The number of Topliss-reactive ketones (excluding diaryl/α,β-unsaturated/α-hetero) is 1. The second-order valence-corrected chi connectivity index (χ2v) is 9.99. The van der Waals surface area contributed by atoms with E-state index in [9.17, 15) is 14.7 Å². The van der Waals surface area contributed by atoms with Gasteiger partial charge in [0.15, 0.2) is 0 Å². The van der Waals surface area contributed by atoms with Crippen LogP contribution in [0.1, 0.15) is 72.8 Å². The first-order valence-corrected chi connectivity index (χ1v) is 12.6. The summed E-state index contributed by atoms with van der Waals surface area (Å²) in [7, 11) is 0. The number of carbonyl (C=O) groups excluding carboxylic acids is 1. The van der Waals surface area contributed by atoms with Gasteiger partial charge in [0.2, 0.25) is 0 Å². The molecule has 1 N–H and O–H groups in total. The van der Waals surface area contributed by atoms with E-state index in [1.165, 1.54) is 5.57 Å². The van der Waals surface area contributed by atoms with Crippen LogP contribution >= 0.6 is 0 Å². The number of carboxylic acids is 1. The number of rotatable bonds is 8. The van der Waals surface area contributed by atoms with Gasteiger partial charge in [-0.05, 0) is 50.0 Å². The maximum absolute atomic E-state index is 13.3. The van der Waals surface area contributed by atoms with E-state index in [1.54, 1.807) is 0 Å². The number of hydrogen-bond acceptors (Lipinski definition) is 2. The first-order valence-electron chi connectivity index (χ1n) is 12.6. The van der Waals surface area contributed by atoms with Gasteiger partial charge in [0.05, 0.1) is 5.41 Å². The van der Waals surface area contributed by atoms with Gasteiger partial charge in [-0.1, -0.05) is 100 Å². The summed E-state index contributed by atoms with van der Waals surface area (Å²) in [5.74, 6) is -1.00. The van der Waals surface area contributed by atoms with Crippen molar-refractivity contribution in [3.8, 4) is 0 Å². The molecule has 1 fully saturated rings. The van der Waals surface area contributed by atoms with Gasteiger partial charge in [0.25, 0.3) is 0 Å². The van der Waals surface area contributed by atoms with Crippen LogP contribution in [0.25, 0.3) is 6.08 Å². The van der Waals surface area contributed by atoms with E-state index in [4.69, 9.17) is 0 Å². The van der Waals surface area contributed by atoms with Crippen LogP contribution in [0.4, 0.5) is 0 Å². The van der Waals surface area contributed by atoms with Crippen LogP contribution in [0, 0.1) is 34.5 Å². The van der Waals surface area contributed by atoms with Crippen LogP contribution < -0.4 is 0 Å². The van der Waals surface area contributed by atoms with Gasteiger partial charge < -0.3 is 5.11 Å². The minimum Gasteiger partial charge on any atom is -0.481 e. The molecule has 1 saturated carbocycles. The van der Waals surface area contributed by atoms with Gasteiger partial charge >= 0.3 is 5.97 Å². The summed E-state index contributed by atoms with van der Waals surface area (Å²) in [6.45, 7) is 12.4.